The number of rotatable bonds is 5. The summed E-state index contributed by atoms with van der Waals surface area (Å²) in [5.74, 6) is -0.568. The molecule has 1 N–H and O–H groups in total. The lowest BCUT2D eigenvalue weighted by Crippen LogP contribution is -2.08. The third-order valence-electron chi connectivity index (χ3n) is 2.91. The maximum absolute atomic E-state index is 12.9. The van der Waals surface area contributed by atoms with Gasteiger partial charge in [-0.3, -0.25) is 14.9 Å². The molecule has 0 saturated carbocycles. The molecule has 2 aromatic rings. The molecule has 0 aliphatic rings. The van der Waals surface area contributed by atoms with Crippen LogP contribution in [0.15, 0.2) is 59.5 Å². The lowest BCUT2D eigenvalue weighted by Gasteiger charge is -2.03. The first-order chi connectivity index (χ1) is 11.3. The first kappa shape index (κ1) is 17.3. The van der Waals surface area contributed by atoms with Crippen LogP contribution in [-0.2, 0) is 15.0 Å². The van der Waals surface area contributed by atoms with Crippen molar-refractivity contribution in [1.82, 2.24) is 0 Å². The molecule has 0 unspecified atom stereocenters. The number of benzene rings is 2. The molecule has 0 spiro atoms. The van der Waals surface area contributed by atoms with Crippen molar-refractivity contribution >= 4 is 33.6 Å². The maximum Gasteiger partial charge on any atom is 0.332 e. The summed E-state index contributed by atoms with van der Waals surface area (Å²) in [6.07, 6.45) is 2.59. The number of carbonyl (C=O) groups is 1. The molecule has 124 valence electrons. The van der Waals surface area contributed by atoms with Gasteiger partial charge in [0.1, 0.15) is 4.90 Å². The number of hydrogen-bond acceptors (Lipinski definition) is 5. The molecule has 0 radical (unpaired) electrons. The summed E-state index contributed by atoms with van der Waals surface area (Å²) in [5, 5.41) is 12.9. The Morgan fingerprint density at radius 2 is 1.83 bits per heavy atom. The zero-order chi connectivity index (χ0) is 17.7. The molecular formula is C15H11FN2O5S. The molecule has 2 aromatic carbocycles. The van der Waals surface area contributed by atoms with E-state index in [-0.39, 0.29) is 11.4 Å². The van der Waals surface area contributed by atoms with Crippen LogP contribution < -0.4 is 5.32 Å². The highest BCUT2D eigenvalue weighted by Crippen LogP contribution is 2.17. The third kappa shape index (κ3) is 4.71. The number of nitro groups is 1. The van der Waals surface area contributed by atoms with Gasteiger partial charge in [-0.05, 0) is 42.0 Å². The van der Waals surface area contributed by atoms with Crippen LogP contribution >= 0.6 is 0 Å². The zero-order valence-corrected chi connectivity index (χ0v) is 12.9. The average Bonchev–Trinajstić information content (AvgIpc) is 2.53. The standard InChI is InChI=1S/C15H11FN2O5S/c16-24(22,23)14-3-1-2-12(10-14)17-15(19)9-6-11-4-7-13(8-5-11)18(20)21/h1-10H,(H,17,19)/b9-6-. The van der Waals surface area contributed by atoms with Gasteiger partial charge < -0.3 is 5.32 Å². The van der Waals surface area contributed by atoms with Crippen molar-refractivity contribution in [3.63, 3.8) is 0 Å². The Balaban J connectivity index is 2.06. The summed E-state index contributed by atoms with van der Waals surface area (Å²) in [5.41, 5.74) is 0.615. The smallest absolute Gasteiger partial charge is 0.322 e. The van der Waals surface area contributed by atoms with E-state index in [9.17, 15) is 27.2 Å². The number of hydrogen-bond donors (Lipinski definition) is 1. The molecule has 0 aliphatic carbocycles. The molecule has 0 saturated heterocycles. The summed E-state index contributed by atoms with van der Waals surface area (Å²) in [6, 6.07) is 10.3. The normalized spacial score (nSPS) is 11.4. The van der Waals surface area contributed by atoms with Gasteiger partial charge in [0.25, 0.3) is 5.69 Å². The average molecular weight is 350 g/mol. The van der Waals surface area contributed by atoms with Crippen LogP contribution in [0.5, 0.6) is 0 Å². The molecule has 0 aliphatic heterocycles. The lowest BCUT2D eigenvalue weighted by atomic mass is 10.2. The Morgan fingerprint density at radius 1 is 1.17 bits per heavy atom. The number of non-ortho nitro benzene ring substituents is 1. The minimum Gasteiger partial charge on any atom is -0.322 e. The molecule has 0 atom stereocenters. The topological polar surface area (TPSA) is 106 Å². The van der Waals surface area contributed by atoms with Gasteiger partial charge in [0.2, 0.25) is 5.91 Å². The van der Waals surface area contributed by atoms with Crippen molar-refractivity contribution in [2.24, 2.45) is 0 Å². The fourth-order valence-corrected chi connectivity index (χ4v) is 2.30. The van der Waals surface area contributed by atoms with Crippen LogP contribution in [0.25, 0.3) is 6.08 Å². The van der Waals surface area contributed by atoms with Crippen LogP contribution in [0.2, 0.25) is 0 Å². The quantitative estimate of drug-likeness (QED) is 0.386. The Labute approximate surface area is 136 Å². The molecule has 1 amide bonds. The van der Waals surface area contributed by atoms with E-state index in [4.69, 9.17) is 0 Å². The summed E-state index contributed by atoms with van der Waals surface area (Å²) in [6.45, 7) is 0. The number of halogens is 1. The Kier molecular flexibility index (Phi) is 5.05. The van der Waals surface area contributed by atoms with E-state index in [1.807, 2.05) is 0 Å². The van der Waals surface area contributed by atoms with E-state index >= 15 is 0 Å². The SMILES string of the molecule is O=C(/C=C\c1ccc([N+](=O)[O-])cc1)Nc1cccc(S(=O)(=O)F)c1. The fourth-order valence-electron chi connectivity index (χ4n) is 1.79. The van der Waals surface area contributed by atoms with Crippen LogP contribution in [0, 0.1) is 10.1 Å². The molecule has 9 heteroatoms. The molecule has 0 fully saturated rings. The molecule has 0 bridgehead atoms. The van der Waals surface area contributed by atoms with Gasteiger partial charge in [-0.15, -0.1) is 3.89 Å². The van der Waals surface area contributed by atoms with Crippen LogP contribution in [0.1, 0.15) is 5.56 Å². The number of nitrogens with zero attached hydrogens (tertiary/aromatic N) is 1. The summed E-state index contributed by atoms with van der Waals surface area (Å²) in [7, 11) is -4.85. The maximum atomic E-state index is 12.9. The highest BCUT2D eigenvalue weighted by atomic mass is 32.3. The highest BCUT2D eigenvalue weighted by molar-refractivity contribution is 7.86. The van der Waals surface area contributed by atoms with E-state index in [2.05, 4.69) is 5.32 Å². The number of anilines is 1. The number of amides is 1. The molecule has 7 nitrogen and oxygen atoms in total. The minimum atomic E-state index is -4.85. The third-order valence-corrected chi connectivity index (χ3v) is 3.73. The zero-order valence-electron chi connectivity index (χ0n) is 12.0. The molecular weight excluding hydrogens is 339 g/mol. The molecule has 0 aromatic heterocycles. The van der Waals surface area contributed by atoms with Crippen LogP contribution in [0.3, 0.4) is 0 Å². The summed E-state index contributed by atoms with van der Waals surface area (Å²) in [4.78, 5) is 21.2. The number of nitro benzene ring substituents is 1. The van der Waals surface area contributed by atoms with Crippen LogP contribution in [-0.4, -0.2) is 19.2 Å². The second-order valence-corrected chi connectivity index (χ2v) is 5.98. The molecule has 2 rings (SSSR count). The summed E-state index contributed by atoms with van der Waals surface area (Å²) < 4.78 is 34.5. The van der Waals surface area contributed by atoms with E-state index in [0.29, 0.717) is 5.56 Å². The first-order valence-corrected chi connectivity index (χ1v) is 7.92. The summed E-state index contributed by atoms with van der Waals surface area (Å²) >= 11 is 0. The minimum absolute atomic E-state index is 0.0687. The first-order valence-electron chi connectivity index (χ1n) is 6.54. The lowest BCUT2D eigenvalue weighted by molar-refractivity contribution is -0.384. The molecule has 0 heterocycles. The second-order valence-electron chi connectivity index (χ2n) is 4.64. The Bertz CT molecular complexity index is 908. The number of nitrogens with one attached hydrogen (secondary N) is 1. The number of carbonyl (C=O) groups excluding carboxylic acids is 1. The fraction of sp³-hybridized carbons (Fsp3) is 0. The van der Waals surface area contributed by atoms with Crippen LogP contribution in [0.4, 0.5) is 15.3 Å². The largest absolute Gasteiger partial charge is 0.332 e. The van der Waals surface area contributed by atoms with Crippen molar-refractivity contribution in [3.8, 4) is 0 Å². The van der Waals surface area contributed by atoms with Crippen molar-refractivity contribution in [2.75, 3.05) is 5.32 Å². The predicted molar refractivity (Wildman–Crippen MR) is 85.5 cm³/mol. The van der Waals surface area contributed by atoms with Crippen molar-refractivity contribution in [3.05, 3.63) is 70.3 Å². The Hall–Kier alpha value is -3.07. The van der Waals surface area contributed by atoms with Gasteiger partial charge in [-0.1, -0.05) is 6.07 Å². The van der Waals surface area contributed by atoms with E-state index in [1.165, 1.54) is 42.5 Å². The van der Waals surface area contributed by atoms with Crippen molar-refractivity contribution in [1.29, 1.82) is 0 Å². The van der Waals surface area contributed by atoms with Gasteiger partial charge >= 0.3 is 10.2 Å². The second kappa shape index (κ2) is 7.01. The van der Waals surface area contributed by atoms with Crippen molar-refractivity contribution in [2.45, 2.75) is 4.90 Å². The van der Waals surface area contributed by atoms with E-state index < -0.39 is 25.9 Å². The van der Waals surface area contributed by atoms with Gasteiger partial charge in [-0.25, -0.2) is 0 Å². The Morgan fingerprint density at radius 3 is 2.42 bits per heavy atom. The highest BCUT2D eigenvalue weighted by Gasteiger charge is 2.12. The monoisotopic (exact) mass is 350 g/mol. The van der Waals surface area contributed by atoms with Gasteiger partial charge in [-0.2, -0.15) is 8.42 Å². The van der Waals surface area contributed by atoms with Crippen molar-refractivity contribution < 1.29 is 22.0 Å². The van der Waals surface area contributed by atoms with E-state index in [1.54, 1.807) is 0 Å². The van der Waals surface area contributed by atoms with Gasteiger partial charge in [0.15, 0.2) is 0 Å². The van der Waals surface area contributed by atoms with Gasteiger partial charge in [0.05, 0.1) is 4.92 Å². The predicted octanol–water partition coefficient (Wildman–Crippen LogP) is 2.90. The van der Waals surface area contributed by atoms with E-state index in [0.717, 1.165) is 18.2 Å². The van der Waals surface area contributed by atoms with Gasteiger partial charge in [0, 0.05) is 23.9 Å². The molecule has 24 heavy (non-hydrogen) atoms.